The zero-order chi connectivity index (χ0) is 12.5. The first kappa shape index (κ1) is 11.1. The third-order valence-electron chi connectivity index (χ3n) is 3.18. The standard InChI is InChI=1S/C10H14N6O2/c1-16-13-10(12-15-16)7-4-6(2-3-11-7)8-5-9(17)14-18-8/h5-7,11H,2-4H2,1H3,(H,14,17)/t6-,7+/m0/s1. The van der Waals surface area contributed by atoms with Crippen LogP contribution >= 0.6 is 0 Å². The van der Waals surface area contributed by atoms with Gasteiger partial charge in [-0.1, -0.05) is 0 Å². The first-order chi connectivity index (χ1) is 8.72. The highest BCUT2D eigenvalue weighted by Crippen LogP contribution is 2.31. The molecule has 2 aromatic rings. The molecule has 1 fully saturated rings. The van der Waals surface area contributed by atoms with Crippen LogP contribution in [0.5, 0.6) is 0 Å². The van der Waals surface area contributed by atoms with Crippen molar-refractivity contribution in [1.29, 1.82) is 0 Å². The summed E-state index contributed by atoms with van der Waals surface area (Å²) in [6, 6.07) is 1.56. The Balaban J connectivity index is 1.78. The Morgan fingerprint density at radius 3 is 3.11 bits per heavy atom. The lowest BCUT2D eigenvalue weighted by atomic mass is 9.90. The van der Waals surface area contributed by atoms with Crippen molar-refractivity contribution in [3.8, 4) is 0 Å². The number of hydrogen-bond acceptors (Lipinski definition) is 6. The first-order valence-electron chi connectivity index (χ1n) is 5.88. The van der Waals surface area contributed by atoms with Gasteiger partial charge in [-0.05, 0) is 24.6 Å². The Hall–Kier alpha value is -1.96. The van der Waals surface area contributed by atoms with Crippen LogP contribution in [0.3, 0.4) is 0 Å². The molecule has 3 rings (SSSR count). The largest absolute Gasteiger partial charge is 0.383 e. The van der Waals surface area contributed by atoms with Crippen molar-refractivity contribution in [1.82, 2.24) is 30.7 Å². The highest BCUT2D eigenvalue weighted by atomic mass is 16.5. The second-order valence-corrected chi connectivity index (χ2v) is 4.48. The van der Waals surface area contributed by atoms with Gasteiger partial charge < -0.3 is 9.84 Å². The second-order valence-electron chi connectivity index (χ2n) is 4.48. The second kappa shape index (κ2) is 4.37. The number of rotatable bonds is 2. The minimum absolute atomic E-state index is 0.0534. The van der Waals surface area contributed by atoms with Crippen LogP contribution in [-0.4, -0.2) is 31.9 Å². The minimum atomic E-state index is -0.197. The summed E-state index contributed by atoms with van der Waals surface area (Å²) >= 11 is 0. The summed E-state index contributed by atoms with van der Waals surface area (Å²) in [6.07, 6.45) is 1.73. The quantitative estimate of drug-likeness (QED) is 0.758. The zero-order valence-electron chi connectivity index (χ0n) is 9.96. The number of piperidine rings is 1. The molecular formula is C10H14N6O2. The van der Waals surface area contributed by atoms with E-state index in [1.54, 1.807) is 7.05 Å². The van der Waals surface area contributed by atoms with Gasteiger partial charge in [0.25, 0.3) is 5.56 Å². The molecule has 0 saturated carbocycles. The van der Waals surface area contributed by atoms with Gasteiger partial charge in [0.05, 0.1) is 13.1 Å². The maximum absolute atomic E-state index is 11.1. The van der Waals surface area contributed by atoms with Gasteiger partial charge in [0.1, 0.15) is 5.76 Å². The molecule has 8 nitrogen and oxygen atoms in total. The Kier molecular flexibility index (Phi) is 2.71. The summed E-state index contributed by atoms with van der Waals surface area (Å²) in [6.45, 7) is 0.836. The highest BCUT2D eigenvalue weighted by Gasteiger charge is 2.28. The molecule has 0 radical (unpaired) electrons. The van der Waals surface area contributed by atoms with Crippen molar-refractivity contribution >= 4 is 0 Å². The van der Waals surface area contributed by atoms with Crippen molar-refractivity contribution in [3.05, 3.63) is 28.0 Å². The fourth-order valence-electron chi connectivity index (χ4n) is 2.31. The summed E-state index contributed by atoms with van der Waals surface area (Å²) < 4.78 is 5.17. The van der Waals surface area contributed by atoms with Crippen molar-refractivity contribution in [2.24, 2.45) is 7.05 Å². The summed E-state index contributed by atoms with van der Waals surface area (Å²) in [4.78, 5) is 12.5. The third kappa shape index (κ3) is 2.06. The van der Waals surface area contributed by atoms with Gasteiger partial charge >= 0.3 is 0 Å². The van der Waals surface area contributed by atoms with Gasteiger partial charge in [0.15, 0.2) is 5.82 Å². The highest BCUT2D eigenvalue weighted by molar-refractivity contribution is 5.07. The molecule has 18 heavy (non-hydrogen) atoms. The van der Waals surface area contributed by atoms with Gasteiger partial charge in [-0.2, -0.15) is 9.95 Å². The summed E-state index contributed by atoms with van der Waals surface area (Å²) in [5.74, 6) is 1.59. The van der Waals surface area contributed by atoms with Gasteiger partial charge in [0.2, 0.25) is 0 Å². The molecule has 2 aromatic heterocycles. The number of hydrogen-bond donors (Lipinski definition) is 2. The Morgan fingerprint density at radius 2 is 2.44 bits per heavy atom. The Bertz CT molecular complexity index is 585. The summed E-state index contributed by atoms with van der Waals surface area (Å²) in [7, 11) is 1.74. The molecular weight excluding hydrogens is 236 g/mol. The van der Waals surface area contributed by atoms with E-state index in [1.165, 1.54) is 10.9 Å². The summed E-state index contributed by atoms with van der Waals surface area (Å²) in [5.41, 5.74) is -0.197. The molecule has 8 heteroatoms. The molecule has 0 aromatic carbocycles. The Morgan fingerprint density at radius 1 is 1.56 bits per heavy atom. The average Bonchev–Trinajstić information content (AvgIpc) is 2.98. The van der Waals surface area contributed by atoms with Crippen LogP contribution in [0.15, 0.2) is 15.4 Å². The van der Waals surface area contributed by atoms with E-state index >= 15 is 0 Å². The lowest BCUT2D eigenvalue weighted by molar-refractivity contribution is 0.290. The molecule has 2 N–H and O–H groups in total. The molecule has 0 bridgehead atoms. The number of H-pyrrole nitrogens is 1. The van der Waals surface area contributed by atoms with Crippen LogP contribution in [0.2, 0.25) is 0 Å². The van der Waals surface area contributed by atoms with E-state index in [0.717, 1.165) is 19.4 Å². The van der Waals surface area contributed by atoms with E-state index < -0.39 is 0 Å². The van der Waals surface area contributed by atoms with E-state index in [2.05, 4.69) is 25.9 Å². The number of tetrazole rings is 1. The monoisotopic (exact) mass is 250 g/mol. The van der Waals surface area contributed by atoms with Crippen LogP contribution < -0.4 is 10.9 Å². The molecule has 0 aliphatic carbocycles. The molecule has 0 spiro atoms. The molecule has 0 unspecified atom stereocenters. The number of aromatic nitrogens is 5. The lowest BCUT2D eigenvalue weighted by Gasteiger charge is -2.26. The number of nitrogens with zero attached hydrogens (tertiary/aromatic N) is 4. The first-order valence-corrected chi connectivity index (χ1v) is 5.88. The average molecular weight is 250 g/mol. The molecule has 1 saturated heterocycles. The number of aromatic amines is 1. The van der Waals surface area contributed by atoms with Crippen LogP contribution in [-0.2, 0) is 7.05 Å². The minimum Gasteiger partial charge on any atom is -0.383 e. The van der Waals surface area contributed by atoms with E-state index in [1.807, 2.05) is 0 Å². The number of nitrogens with one attached hydrogen (secondary N) is 2. The molecule has 96 valence electrons. The van der Waals surface area contributed by atoms with Crippen LogP contribution in [0.4, 0.5) is 0 Å². The topological polar surface area (TPSA) is 102 Å². The number of aryl methyl sites for hydroxylation is 1. The van der Waals surface area contributed by atoms with Crippen LogP contribution in [0.1, 0.15) is 36.4 Å². The molecule has 1 aliphatic rings. The van der Waals surface area contributed by atoms with Crippen LogP contribution in [0.25, 0.3) is 0 Å². The third-order valence-corrected chi connectivity index (χ3v) is 3.18. The predicted molar refractivity (Wildman–Crippen MR) is 60.8 cm³/mol. The smallest absolute Gasteiger partial charge is 0.280 e. The van der Waals surface area contributed by atoms with Crippen LogP contribution in [0, 0.1) is 0 Å². The van der Waals surface area contributed by atoms with Gasteiger partial charge in [-0.15, -0.1) is 10.2 Å². The SMILES string of the molecule is Cn1nnc([C@H]2C[C@@H](c3cc(=O)[nH]o3)CCN2)n1. The Labute approximate surface area is 102 Å². The maximum Gasteiger partial charge on any atom is 0.280 e. The van der Waals surface area contributed by atoms with Gasteiger partial charge in [-0.3, -0.25) is 4.79 Å². The maximum atomic E-state index is 11.1. The molecule has 2 atom stereocenters. The normalized spacial score (nSPS) is 24.3. The molecule has 3 heterocycles. The summed E-state index contributed by atoms with van der Waals surface area (Å²) in [5, 5.41) is 17.7. The van der Waals surface area contributed by atoms with E-state index in [0.29, 0.717) is 11.6 Å². The van der Waals surface area contributed by atoms with E-state index in [-0.39, 0.29) is 17.5 Å². The lowest BCUT2D eigenvalue weighted by Crippen LogP contribution is -2.31. The predicted octanol–water partition coefficient (Wildman–Crippen LogP) is -0.300. The van der Waals surface area contributed by atoms with Gasteiger partial charge in [-0.25, -0.2) is 0 Å². The van der Waals surface area contributed by atoms with Gasteiger partial charge in [0, 0.05) is 12.0 Å². The van der Waals surface area contributed by atoms with Crippen molar-refractivity contribution in [2.75, 3.05) is 6.54 Å². The fraction of sp³-hybridized carbons (Fsp3) is 0.600. The molecule has 1 aliphatic heterocycles. The molecule has 0 amide bonds. The van der Waals surface area contributed by atoms with Crippen molar-refractivity contribution < 1.29 is 4.52 Å². The zero-order valence-corrected chi connectivity index (χ0v) is 9.96. The fourth-order valence-corrected chi connectivity index (χ4v) is 2.31. The van der Waals surface area contributed by atoms with E-state index in [9.17, 15) is 4.79 Å². The van der Waals surface area contributed by atoms with Crippen molar-refractivity contribution in [2.45, 2.75) is 24.8 Å². The van der Waals surface area contributed by atoms with E-state index in [4.69, 9.17) is 4.52 Å². The van der Waals surface area contributed by atoms with Crippen molar-refractivity contribution in [3.63, 3.8) is 0 Å².